The van der Waals surface area contributed by atoms with E-state index >= 15 is 0 Å². The van der Waals surface area contributed by atoms with Crippen molar-refractivity contribution >= 4 is 34.1 Å². The number of rotatable bonds is 3. The van der Waals surface area contributed by atoms with Crippen LogP contribution in [0.2, 0.25) is 10.0 Å². The zero-order valence-electron chi connectivity index (χ0n) is 10.9. The quantitative estimate of drug-likeness (QED) is 0.659. The molecule has 1 heterocycles. The van der Waals surface area contributed by atoms with Gasteiger partial charge in [-0.25, -0.2) is 0 Å². The van der Waals surface area contributed by atoms with Gasteiger partial charge < -0.3 is 9.30 Å². The van der Waals surface area contributed by atoms with E-state index < -0.39 is 0 Å². The fraction of sp³-hybridized carbons (Fsp3) is 0.125. The van der Waals surface area contributed by atoms with Crippen molar-refractivity contribution in [2.45, 2.75) is 6.61 Å². The first kappa shape index (κ1) is 13.3. The van der Waals surface area contributed by atoms with Crippen LogP contribution in [-0.4, -0.2) is 4.57 Å². The predicted molar refractivity (Wildman–Crippen MR) is 83.7 cm³/mol. The smallest absolute Gasteiger partial charge is 0.128 e. The second-order valence-corrected chi connectivity index (χ2v) is 5.45. The Morgan fingerprint density at radius 1 is 1.05 bits per heavy atom. The highest BCUT2D eigenvalue weighted by Gasteiger charge is 2.08. The Labute approximate surface area is 127 Å². The van der Waals surface area contributed by atoms with Crippen LogP contribution >= 0.6 is 23.2 Å². The summed E-state index contributed by atoms with van der Waals surface area (Å²) in [6.45, 7) is 0.489. The van der Waals surface area contributed by atoms with Gasteiger partial charge in [0, 0.05) is 28.0 Å². The molecule has 0 fully saturated rings. The lowest BCUT2D eigenvalue weighted by molar-refractivity contribution is 0.298. The summed E-state index contributed by atoms with van der Waals surface area (Å²) in [4.78, 5) is 0. The third-order valence-electron chi connectivity index (χ3n) is 3.33. The lowest BCUT2D eigenvalue weighted by Gasteiger charge is -2.07. The maximum absolute atomic E-state index is 6.21. The number of benzene rings is 2. The molecule has 0 N–H and O–H groups in total. The Morgan fingerprint density at radius 2 is 1.80 bits per heavy atom. The summed E-state index contributed by atoms with van der Waals surface area (Å²) in [6, 6.07) is 15.3. The minimum atomic E-state index is 0.489. The summed E-state index contributed by atoms with van der Waals surface area (Å²) < 4.78 is 7.87. The maximum Gasteiger partial charge on any atom is 0.128 e. The summed E-state index contributed by atoms with van der Waals surface area (Å²) in [5.41, 5.74) is 2.18. The fourth-order valence-electron chi connectivity index (χ4n) is 2.21. The second kappa shape index (κ2) is 5.39. The van der Waals surface area contributed by atoms with Gasteiger partial charge in [-0.3, -0.25) is 0 Å². The molecule has 4 heteroatoms. The molecule has 0 spiro atoms. The van der Waals surface area contributed by atoms with E-state index in [0.29, 0.717) is 11.6 Å². The Balaban J connectivity index is 1.86. The van der Waals surface area contributed by atoms with Crippen LogP contribution in [0.3, 0.4) is 0 Å². The topological polar surface area (TPSA) is 14.2 Å². The van der Waals surface area contributed by atoms with Crippen molar-refractivity contribution in [2.24, 2.45) is 7.05 Å². The number of aromatic nitrogens is 1. The van der Waals surface area contributed by atoms with E-state index in [9.17, 15) is 0 Å². The molecule has 0 aliphatic heterocycles. The van der Waals surface area contributed by atoms with E-state index in [1.54, 1.807) is 0 Å². The van der Waals surface area contributed by atoms with Crippen LogP contribution in [0.5, 0.6) is 5.75 Å². The molecule has 0 amide bonds. The molecular weight excluding hydrogens is 293 g/mol. The van der Waals surface area contributed by atoms with E-state index in [0.717, 1.165) is 27.4 Å². The number of nitrogens with zero attached hydrogens (tertiary/aromatic N) is 1. The number of hydrogen-bond donors (Lipinski definition) is 0. The van der Waals surface area contributed by atoms with Crippen molar-refractivity contribution in [3.05, 3.63) is 64.3 Å². The van der Waals surface area contributed by atoms with Crippen LogP contribution in [0, 0.1) is 0 Å². The second-order valence-electron chi connectivity index (χ2n) is 4.61. The summed E-state index contributed by atoms with van der Waals surface area (Å²) in [7, 11) is 2.01. The Bertz CT molecular complexity index is 747. The normalized spacial score (nSPS) is 10.9. The molecule has 0 aliphatic rings. The first-order valence-corrected chi connectivity index (χ1v) is 7.02. The highest BCUT2D eigenvalue weighted by molar-refractivity contribution is 6.35. The van der Waals surface area contributed by atoms with Crippen molar-refractivity contribution in [2.75, 3.05) is 0 Å². The third kappa shape index (κ3) is 2.49. The van der Waals surface area contributed by atoms with Gasteiger partial charge >= 0.3 is 0 Å². The summed E-state index contributed by atoms with van der Waals surface area (Å²) in [5, 5.41) is 2.51. The van der Waals surface area contributed by atoms with Crippen LogP contribution in [-0.2, 0) is 13.7 Å². The number of hydrogen-bond acceptors (Lipinski definition) is 1. The Kier molecular flexibility index (Phi) is 3.60. The van der Waals surface area contributed by atoms with Gasteiger partial charge in [0.15, 0.2) is 0 Å². The molecule has 0 unspecified atom stereocenters. The number of aryl methyl sites for hydroxylation is 1. The van der Waals surface area contributed by atoms with E-state index in [1.165, 1.54) is 0 Å². The molecule has 0 atom stereocenters. The minimum Gasteiger partial charge on any atom is -0.487 e. The van der Waals surface area contributed by atoms with Crippen LogP contribution in [0.25, 0.3) is 10.9 Å². The average molecular weight is 306 g/mol. The maximum atomic E-state index is 6.21. The summed E-state index contributed by atoms with van der Waals surface area (Å²) in [5.74, 6) is 0.797. The lowest BCUT2D eigenvalue weighted by Crippen LogP contribution is -2.01. The van der Waals surface area contributed by atoms with E-state index in [-0.39, 0.29) is 0 Å². The molecule has 0 saturated heterocycles. The van der Waals surface area contributed by atoms with Gasteiger partial charge in [0.1, 0.15) is 12.4 Å². The first-order chi connectivity index (χ1) is 9.65. The zero-order valence-corrected chi connectivity index (χ0v) is 12.4. The molecule has 0 radical (unpaired) electrons. The average Bonchev–Trinajstić information content (AvgIpc) is 2.77. The highest BCUT2D eigenvalue weighted by Crippen LogP contribution is 2.27. The molecule has 20 heavy (non-hydrogen) atoms. The van der Waals surface area contributed by atoms with Crippen molar-refractivity contribution in [1.82, 2.24) is 4.57 Å². The van der Waals surface area contributed by atoms with E-state index in [1.807, 2.05) is 49.5 Å². The number of halogens is 2. The van der Waals surface area contributed by atoms with Crippen LogP contribution in [0.15, 0.2) is 48.5 Å². The standard InChI is InChI=1S/C16H13Cl2NO/c1-19-12(9-14-15(18)3-2-4-16(14)19)10-20-13-7-5-11(17)6-8-13/h2-9H,10H2,1H3. The van der Waals surface area contributed by atoms with Crippen molar-refractivity contribution in [3.63, 3.8) is 0 Å². The largest absolute Gasteiger partial charge is 0.487 e. The number of fused-ring (bicyclic) bond motifs is 1. The lowest BCUT2D eigenvalue weighted by atomic mass is 10.2. The minimum absolute atomic E-state index is 0.489. The van der Waals surface area contributed by atoms with Gasteiger partial charge in [-0.05, 0) is 42.5 Å². The van der Waals surface area contributed by atoms with Crippen LogP contribution in [0.1, 0.15) is 5.69 Å². The van der Waals surface area contributed by atoms with Crippen LogP contribution in [0.4, 0.5) is 0 Å². The molecular formula is C16H13Cl2NO. The summed E-state index contributed by atoms with van der Waals surface area (Å²) >= 11 is 12.1. The predicted octanol–water partition coefficient (Wildman–Crippen LogP) is 5.06. The molecule has 2 aromatic carbocycles. The summed E-state index contributed by atoms with van der Waals surface area (Å²) in [6.07, 6.45) is 0. The van der Waals surface area contributed by atoms with Gasteiger partial charge in [0.05, 0.1) is 5.69 Å². The molecule has 102 valence electrons. The monoisotopic (exact) mass is 305 g/mol. The van der Waals surface area contributed by atoms with Gasteiger partial charge in [-0.2, -0.15) is 0 Å². The number of ether oxygens (including phenoxy) is 1. The van der Waals surface area contributed by atoms with Crippen molar-refractivity contribution in [3.8, 4) is 5.75 Å². The van der Waals surface area contributed by atoms with Crippen molar-refractivity contribution < 1.29 is 4.74 Å². The van der Waals surface area contributed by atoms with Gasteiger partial charge in [0.2, 0.25) is 0 Å². The highest BCUT2D eigenvalue weighted by atomic mass is 35.5. The van der Waals surface area contributed by atoms with Gasteiger partial charge in [-0.1, -0.05) is 29.3 Å². The van der Waals surface area contributed by atoms with Gasteiger partial charge in [-0.15, -0.1) is 0 Å². The Morgan fingerprint density at radius 3 is 2.50 bits per heavy atom. The van der Waals surface area contributed by atoms with E-state index in [2.05, 4.69) is 10.6 Å². The molecule has 3 rings (SSSR count). The molecule has 0 aliphatic carbocycles. The Hall–Kier alpha value is -1.64. The fourth-order valence-corrected chi connectivity index (χ4v) is 2.56. The van der Waals surface area contributed by atoms with E-state index in [4.69, 9.17) is 27.9 Å². The molecule has 2 nitrogen and oxygen atoms in total. The van der Waals surface area contributed by atoms with Crippen molar-refractivity contribution in [1.29, 1.82) is 0 Å². The molecule has 1 aromatic heterocycles. The van der Waals surface area contributed by atoms with Crippen LogP contribution < -0.4 is 4.74 Å². The SMILES string of the molecule is Cn1c(COc2ccc(Cl)cc2)cc2c(Cl)cccc21. The first-order valence-electron chi connectivity index (χ1n) is 6.26. The van der Waals surface area contributed by atoms with Gasteiger partial charge in [0.25, 0.3) is 0 Å². The zero-order chi connectivity index (χ0) is 14.1. The molecule has 0 saturated carbocycles. The molecule has 0 bridgehead atoms. The molecule has 3 aromatic rings. The third-order valence-corrected chi connectivity index (χ3v) is 3.91.